The smallest absolute Gasteiger partial charge is 0.0252 e. The van der Waals surface area contributed by atoms with Crippen molar-refractivity contribution in [1.29, 1.82) is 0 Å². The van der Waals surface area contributed by atoms with E-state index >= 15 is 0 Å². The van der Waals surface area contributed by atoms with E-state index in [1.54, 1.807) is 0 Å². The van der Waals surface area contributed by atoms with Crippen molar-refractivity contribution >= 4 is 0 Å². The van der Waals surface area contributed by atoms with E-state index in [0.29, 0.717) is 5.92 Å². The Balaban J connectivity index is 1.84. The van der Waals surface area contributed by atoms with Gasteiger partial charge in [-0.2, -0.15) is 0 Å². The van der Waals surface area contributed by atoms with Crippen molar-refractivity contribution in [3.63, 3.8) is 0 Å². The standard InChI is InChI=1S/C17H28N2/c1-15(16-8-5-4-6-9-16)10-13-19-12-7-11-18-17(2,3)14-19/h4-6,8-9,15,18H,7,10-14H2,1-3H3. The third-order valence-electron chi connectivity index (χ3n) is 4.12. The van der Waals surface area contributed by atoms with Crippen molar-refractivity contribution in [3.8, 4) is 0 Å². The Labute approximate surface area is 118 Å². The molecule has 1 atom stereocenters. The lowest BCUT2D eigenvalue weighted by atomic mass is 9.97. The number of benzene rings is 1. The first-order chi connectivity index (χ1) is 9.07. The van der Waals surface area contributed by atoms with Gasteiger partial charge in [-0.25, -0.2) is 0 Å². The fraction of sp³-hybridized carbons (Fsp3) is 0.647. The molecule has 0 saturated carbocycles. The molecule has 0 spiro atoms. The second kappa shape index (κ2) is 6.53. The van der Waals surface area contributed by atoms with E-state index in [9.17, 15) is 0 Å². The van der Waals surface area contributed by atoms with Crippen molar-refractivity contribution in [2.75, 3.05) is 26.2 Å². The minimum absolute atomic E-state index is 0.256. The fourth-order valence-electron chi connectivity index (χ4n) is 2.94. The molecule has 2 rings (SSSR count). The van der Waals surface area contributed by atoms with Crippen LogP contribution < -0.4 is 5.32 Å². The molecule has 1 aliphatic heterocycles. The normalized spacial score (nSPS) is 21.8. The molecule has 1 aliphatic rings. The second-order valence-corrected chi connectivity index (χ2v) is 6.54. The van der Waals surface area contributed by atoms with Gasteiger partial charge in [0.15, 0.2) is 0 Å². The Hall–Kier alpha value is -0.860. The monoisotopic (exact) mass is 260 g/mol. The quantitative estimate of drug-likeness (QED) is 0.894. The summed E-state index contributed by atoms with van der Waals surface area (Å²) in [7, 11) is 0. The van der Waals surface area contributed by atoms with Gasteiger partial charge in [0.1, 0.15) is 0 Å². The molecule has 2 nitrogen and oxygen atoms in total. The number of nitrogens with zero attached hydrogens (tertiary/aromatic N) is 1. The van der Waals surface area contributed by atoms with E-state index in [1.165, 1.54) is 31.5 Å². The summed E-state index contributed by atoms with van der Waals surface area (Å²) in [6.45, 7) is 11.7. The maximum atomic E-state index is 3.63. The van der Waals surface area contributed by atoms with Gasteiger partial charge in [-0.3, -0.25) is 0 Å². The summed E-state index contributed by atoms with van der Waals surface area (Å²) < 4.78 is 0. The summed E-state index contributed by atoms with van der Waals surface area (Å²) >= 11 is 0. The molecule has 1 heterocycles. The molecule has 0 bridgehead atoms. The van der Waals surface area contributed by atoms with Crippen LogP contribution in [0.15, 0.2) is 30.3 Å². The van der Waals surface area contributed by atoms with Gasteiger partial charge >= 0.3 is 0 Å². The van der Waals surface area contributed by atoms with Gasteiger partial charge in [0.25, 0.3) is 0 Å². The van der Waals surface area contributed by atoms with Crippen molar-refractivity contribution < 1.29 is 0 Å². The summed E-state index contributed by atoms with van der Waals surface area (Å²) in [5.74, 6) is 0.653. The molecule has 1 unspecified atom stereocenters. The lowest BCUT2D eigenvalue weighted by molar-refractivity contribution is 0.225. The first-order valence-electron chi connectivity index (χ1n) is 7.59. The molecule has 1 fully saturated rings. The SMILES string of the molecule is CC(CCN1CCCNC(C)(C)C1)c1ccccc1. The average Bonchev–Trinajstić information content (AvgIpc) is 2.57. The molecular formula is C17H28N2. The van der Waals surface area contributed by atoms with Gasteiger partial charge in [-0.1, -0.05) is 37.3 Å². The van der Waals surface area contributed by atoms with E-state index in [-0.39, 0.29) is 5.54 Å². The molecular weight excluding hydrogens is 232 g/mol. The van der Waals surface area contributed by atoms with E-state index in [1.807, 2.05) is 0 Å². The van der Waals surface area contributed by atoms with Crippen LogP contribution >= 0.6 is 0 Å². The highest BCUT2D eigenvalue weighted by Crippen LogP contribution is 2.20. The molecule has 2 heteroatoms. The predicted octanol–water partition coefficient (Wildman–Crippen LogP) is 3.25. The third kappa shape index (κ3) is 4.63. The molecule has 106 valence electrons. The van der Waals surface area contributed by atoms with Gasteiger partial charge in [0.05, 0.1) is 0 Å². The zero-order valence-electron chi connectivity index (χ0n) is 12.7. The van der Waals surface area contributed by atoms with Crippen LogP contribution in [0.3, 0.4) is 0 Å². The van der Waals surface area contributed by atoms with Crippen molar-refractivity contribution in [3.05, 3.63) is 35.9 Å². The molecule has 0 amide bonds. The van der Waals surface area contributed by atoms with E-state index in [2.05, 4.69) is 61.3 Å². The zero-order chi connectivity index (χ0) is 13.7. The maximum Gasteiger partial charge on any atom is 0.0252 e. The molecule has 1 N–H and O–H groups in total. The van der Waals surface area contributed by atoms with Crippen LogP contribution in [0.25, 0.3) is 0 Å². The lowest BCUT2D eigenvalue weighted by Crippen LogP contribution is -2.46. The van der Waals surface area contributed by atoms with Crippen molar-refractivity contribution in [2.24, 2.45) is 0 Å². The molecule has 0 aliphatic carbocycles. The summed E-state index contributed by atoms with van der Waals surface area (Å²) in [6.07, 6.45) is 2.52. The van der Waals surface area contributed by atoms with Crippen LogP contribution in [0.4, 0.5) is 0 Å². The van der Waals surface area contributed by atoms with Gasteiger partial charge in [0, 0.05) is 12.1 Å². The van der Waals surface area contributed by atoms with Crippen LogP contribution in [0, 0.1) is 0 Å². The minimum Gasteiger partial charge on any atom is -0.310 e. The molecule has 1 aromatic carbocycles. The van der Waals surface area contributed by atoms with Gasteiger partial charge in [0.2, 0.25) is 0 Å². The minimum atomic E-state index is 0.256. The number of rotatable bonds is 4. The zero-order valence-corrected chi connectivity index (χ0v) is 12.7. The maximum absolute atomic E-state index is 3.63. The van der Waals surface area contributed by atoms with E-state index in [4.69, 9.17) is 0 Å². The van der Waals surface area contributed by atoms with Crippen LogP contribution in [0.2, 0.25) is 0 Å². The van der Waals surface area contributed by atoms with Crippen molar-refractivity contribution in [2.45, 2.75) is 45.1 Å². The fourth-order valence-corrected chi connectivity index (χ4v) is 2.94. The number of hydrogen-bond donors (Lipinski definition) is 1. The average molecular weight is 260 g/mol. The third-order valence-corrected chi connectivity index (χ3v) is 4.12. The summed E-state index contributed by atoms with van der Waals surface area (Å²) in [6, 6.07) is 10.9. The Bertz CT molecular complexity index is 372. The Morgan fingerprint density at radius 3 is 2.74 bits per heavy atom. The van der Waals surface area contributed by atoms with Crippen LogP contribution in [0.1, 0.15) is 45.1 Å². The van der Waals surface area contributed by atoms with Gasteiger partial charge in [-0.15, -0.1) is 0 Å². The molecule has 1 saturated heterocycles. The first kappa shape index (κ1) is 14.5. The first-order valence-corrected chi connectivity index (χ1v) is 7.59. The van der Waals surface area contributed by atoms with Gasteiger partial charge < -0.3 is 10.2 Å². The Kier molecular flexibility index (Phi) is 5.00. The largest absolute Gasteiger partial charge is 0.310 e. The molecule has 0 radical (unpaired) electrons. The van der Waals surface area contributed by atoms with Crippen molar-refractivity contribution in [1.82, 2.24) is 10.2 Å². The van der Waals surface area contributed by atoms with E-state index in [0.717, 1.165) is 13.1 Å². The Morgan fingerprint density at radius 2 is 2.00 bits per heavy atom. The van der Waals surface area contributed by atoms with Crippen LogP contribution in [0.5, 0.6) is 0 Å². The highest BCUT2D eigenvalue weighted by atomic mass is 15.2. The molecule has 1 aromatic rings. The Morgan fingerprint density at radius 1 is 1.26 bits per heavy atom. The molecule has 0 aromatic heterocycles. The number of nitrogens with one attached hydrogen (secondary N) is 1. The highest BCUT2D eigenvalue weighted by Gasteiger charge is 2.23. The summed E-state index contributed by atoms with van der Waals surface area (Å²) in [5, 5.41) is 3.63. The predicted molar refractivity (Wildman–Crippen MR) is 82.6 cm³/mol. The molecule has 19 heavy (non-hydrogen) atoms. The lowest BCUT2D eigenvalue weighted by Gasteiger charge is -2.30. The van der Waals surface area contributed by atoms with Crippen LogP contribution in [-0.2, 0) is 0 Å². The second-order valence-electron chi connectivity index (χ2n) is 6.54. The van der Waals surface area contributed by atoms with Gasteiger partial charge in [-0.05, 0) is 57.8 Å². The summed E-state index contributed by atoms with van der Waals surface area (Å²) in [4.78, 5) is 2.62. The highest BCUT2D eigenvalue weighted by molar-refractivity contribution is 5.18. The van der Waals surface area contributed by atoms with Crippen LogP contribution in [-0.4, -0.2) is 36.6 Å². The summed E-state index contributed by atoms with van der Waals surface area (Å²) in [5.41, 5.74) is 1.72. The topological polar surface area (TPSA) is 15.3 Å². The van der Waals surface area contributed by atoms with E-state index < -0.39 is 0 Å². The number of hydrogen-bond acceptors (Lipinski definition) is 2.